The van der Waals surface area contributed by atoms with Crippen molar-refractivity contribution in [2.45, 2.75) is 36.4 Å². The first kappa shape index (κ1) is 52.4. The van der Waals surface area contributed by atoms with Crippen LogP contribution in [0.15, 0.2) is 109 Å². The van der Waals surface area contributed by atoms with Crippen molar-refractivity contribution in [1.29, 1.82) is 0 Å². The van der Waals surface area contributed by atoms with Crippen molar-refractivity contribution >= 4 is 102 Å². The van der Waals surface area contributed by atoms with Crippen molar-refractivity contribution in [2.24, 2.45) is 0 Å². The van der Waals surface area contributed by atoms with E-state index in [2.05, 4.69) is 14.7 Å². The van der Waals surface area contributed by atoms with Crippen LogP contribution in [0.25, 0.3) is 43.4 Å². The van der Waals surface area contributed by atoms with Crippen LogP contribution in [0.1, 0.15) is 57.8 Å². The molecule has 2 aromatic heterocycles. The molecular weight excluding hydrogens is 1000 g/mol. The molecule has 390 valence electrons. The number of amides is 2. The SMILES string of the molecule is COC(=O)CN(C)CCOc1ccc2[nH]c(C(=O)N3C[C@@H]([C@@H](C)Cl)c4c3cc(O)c3ccccc43)cc2c1.C[C@@H](Cl)[C@@H]1CN(C(=O)c2cc3cc(OCCN(C)CC(=O)O)ccc3[nH]2)c2cc(O)c3ccccc3c21. The number of nitrogens with one attached hydrogen (secondary N) is 2. The average molecular weight is 1060 g/mol. The number of rotatable bonds is 16. The predicted octanol–water partition coefficient (Wildman–Crippen LogP) is 9.67. The fraction of sp³-hybridized carbons (Fsp3) is 0.298. The van der Waals surface area contributed by atoms with Gasteiger partial charge in [0.1, 0.15) is 47.6 Å². The van der Waals surface area contributed by atoms with Crippen LogP contribution < -0.4 is 19.3 Å². The van der Waals surface area contributed by atoms with Gasteiger partial charge in [-0.15, -0.1) is 23.2 Å². The topological polar surface area (TPSA) is 201 Å². The number of phenols is 2. The third kappa shape index (κ3) is 11.0. The highest BCUT2D eigenvalue weighted by Crippen LogP contribution is 2.49. The van der Waals surface area contributed by atoms with E-state index in [9.17, 15) is 29.4 Å². The second-order valence-electron chi connectivity index (χ2n) is 19.2. The van der Waals surface area contributed by atoms with Gasteiger partial charge in [0, 0.05) is 93.5 Å². The lowest BCUT2D eigenvalue weighted by molar-refractivity contribution is -0.141. The first-order valence-corrected chi connectivity index (χ1v) is 25.4. The summed E-state index contributed by atoms with van der Waals surface area (Å²) in [5.74, 6) is -0.156. The van der Waals surface area contributed by atoms with Crippen LogP contribution in [-0.2, 0) is 14.3 Å². The minimum absolute atomic E-state index is 0.0533. The van der Waals surface area contributed by atoms with E-state index < -0.39 is 5.97 Å². The Hall–Kier alpha value is -7.50. The van der Waals surface area contributed by atoms with E-state index in [4.69, 9.17) is 37.8 Å². The summed E-state index contributed by atoms with van der Waals surface area (Å²) in [6.07, 6.45) is 0. The van der Waals surface area contributed by atoms with Gasteiger partial charge in [-0.05, 0) is 98.4 Å². The van der Waals surface area contributed by atoms with E-state index in [1.165, 1.54) is 7.11 Å². The number of aromatic hydroxyl groups is 2. The molecule has 0 fully saturated rings. The van der Waals surface area contributed by atoms with E-state index in [-0.39, 0.29) is 65.0 Å². The number of benzene rings is 6. The number of aromatic nitrogens is 2. The summed E-state index contributed by atoms with van der Waals surface area (Å²) >= 11 is 13.2. The minimum Gasteiger partial charge on any atom is -0.507 e. The van der Waals surface area contributed by atoms with Gasteiger partial charge < -0.3 is 49.3 Å². The van der Waals surface area contributed by atoms with E-state index >= 15 is 0 Å². The van der Waals surface area contributed by atoms with Crippen molar-refractivity contribution in [3.63, 3.8) is 0 Å². The first-order chi connectivity index (χ1) is 36.0. The lowest BCUT2D eigenvalue weighted by Crippen LogP contribution is -2.31. The molecule has 2 amide bonds. The Kier molecular flexibility index (Phi) is 15.5. The van der Waals surface area contributed by atoms with Crippen LogP contribution >= 0.6 is 23.2 Å². The molecule has 0 radical (unpaired) electrons. The Morgan fingerprint density at radius 2 is 1.04 bits per heavy atom. The zero-order valence-electron chi connectivity index (χ0n) is 42.1. The van der Waals surface area contributed by atoms with Gasteiger partial charge in [0.15, 0.2) is 0 Å². The van der Waals surface area contributed by atoms with Gasteiger partial charge >= 0.3 is 11.9 Å². The number of H-pyrrole nitrogens is 2. The highest BCUT2D eigenvalue weighted by atomic mass is 35.5. The predicted molar refractivity (Wildman–Crippen MR) is 293 cm³/mol. The van der Waals surface area contributed by atoms with Crippen LogP contribution in [0, 0.1) is 0 Å². The third-order valence-electron chi connectivity index (χ3n) is 13.9. The molecule has 0 bridgehead atoms. The molecule has 16 nitrogen and oxygen atoms in total. The summed E-state index contributed by atoms with van der Waals surface area (Å²) in [5, 5.41) is 34.8. The van der Waals surface area contributed by atoms with Gasteiger partial charge in [0.2, 0.25) is 0 Å². The number of alkyl halides is 2. The van der Waals surface area contributed by atoms with Crippen LogP contribution in [0.3, 0.4) is 0 Å². The second-order valence-corrected chi connectivity index (χ2v) is 20.5. The lowest BCUT2D eigenvalue weighted by atomic mass is 9.92. The summed E-state index contributed by atoms with van der Waals surface area (Å²) in [4.78, 5) is 62.9. The maximum absolute atomic E-state index is 13.7. The second kappa shape index (κ2) is 22.1. The number of likely N-dealkylation sites (N-methyl/N-ethyl adjacent to an activating group) is 2. The number of hydrogen-bond acceptors (Lipinski definition) is 11. The molecule has 5 N–H and O–H groups in total. The third-order valence-corrected chi connectivity index (χ3v) is 14.5. The van der Waals surface area contributed by atoms with Gasteiger partial charge in [-0.3, -0.25) is 29.0 Å². The van der Waals surface area contributed by atoms with Gasteiger partial charge in [0.05, 0.1) is 31.6 Å². The number of carbonyl (C=O) groups excluding carboxylic acids is 3. The number of nitrogens with zero attached hydrogens (tertiary/aromatic N) is 4. The smallest absolute Gasteiger partial charge is 0.319 e. The molecule has 75 heavy (non-hydrogen) atoms. The summed E-state index contributed by atoms with van der Waals surface area (Å²) in [6.45, 7) is 6.60. The summed E-state index contributed by atoms with van der Waals surface area (Å²) in [5.41, 5.74) is 5.79. The van der Waals surface area contributed by atoms with Crippen LogP contribution in [0.4, 0.5) is 11.4 Å². The Morgan fingerprint density at radius 1 is 0.627 bits per heavy atom. The molecule has 2 aliphatic rings. The number of ether oxygens (including phenoxy) is 3. The summed E-state index contributed by atoms with van der Waals surface area (Å²) < 4.78 is 16.3. The van der Waals surface area contributed by atoms with Crippen LogP contribution in [-0.4, -0.2) is 143 Å². The number of aromatic amines is 2. The lowest BCUT2D eigenvalue weighted by Gasteiger charge is -2.18. The van der Waals surface area contributed by atoms with Crippen molar-refractivity contribution in [3.8, 4) is 23.0 Å². The number of halogens is 2. The van der Waals surface area contributed by atoms with E-state index in [0.717, 1.165) is 54.5 Å². The molecule has 10 rings (SSSR count). The minimum atomic E-state index is -0.885. The molecule has 8 aromatic rings. The Bertz CT molecular complexity index is 3470. The van der Waals surface area contributed by atoms with E-state index in [1.54, 1.807) is 39.9 Å². The summed E-state index contributed by atoms with van der Waals surface area (Å²) in [6, 6.07) is 33.3. The normalized spacial score (nSPS) is 15.8. The number of aliphatic carboxylic acids is 1. The van der Waals surface area contributed by atoms with E-state index in [1.807, 2.05) is 117 Å². The molecule has 0 spiro atoms. The number of esters is 1. The van der Waals surface area contributed by atoms with Gasteiger partial charge in [0.25, 0.3) is 11.8 Å². The molecular formula is C57H58Cl2N6O10. The fourth-order valence-electron chi connectivity index (χ4n) is 10.1. The molecule has 0 unspecified atom stereocenters. The molecule has 2 aliphatic heterocycles. The van der Waals surface area contributed by atoms with Crippen LogP contribution in [0.5, 0.6) is 23.0 Å². The van der Waals surface area contributed by atoms with Gasteiger partial charge in [-0.1, -0.05) is 48.5 Å². The molecule has 0 saturated carbocycles. The number of fused-ring (bicyclic) bond motifs is 8. The molecule has 0 aliphatic carbocycles. The van der Waals surface area contributed by atoms with Gasteiger partial charge in [-0.25, -0.2) is 0 Å². The zero-order chi connectivity index (χ0) is 53.2. The van der Waals surface area contributed by atoms with Crippen LogP contribution in [0.2, 0.25) is 0 Å². The van der Waals surface area contributed by atoms with E-state index in [0.29, 0.717) is 73.7 Å². The Balaban J connectivity index is 0.000000184. The Labute approximate surface area is 442 Å². The number of carbonyl (C=O) groups is 4. The molecule has 0 saturated heterocycles. The molecule has 4 heterocycles. The average Bonchev–Trinajstić information content (AvgIpc) is 4.19. The molecule has 4 atom stereocenters. The highest BCUT2D eigenvalue weighted by molar-refractivity contribution is 6.22. The summed E-state index contributed by atoms with van der Waals surface area (Å²) in [7, 11) is 4.91. The molecule has 6 aromatic carbocycles. The standard InChI is InChI=1S/C29H30ClN3O5.C28H28ClN3O5/c1-17(30)22-15-33(25-14-26(34)20-6-4-5-7-21(20)28(22)25)29(36)24-13-18-12-19(8-9-23(18)31-24)38-11-10-32(2)16-27(35)37-3;1-16(29)21-14-32(24-13-25(33)19-5-3-4-6-20(19)27(21)24)28(36)23-12-17-11-18(7-8-22(17)30-23)37-10-9-31(2)15-26(34)35/h4-9,12-14,17,22,31,34H,10-11,15-16H2,1-3H3;3-8,11-13,16,21,30,33H,9-10,14-15H2,1-2H3,(H,34,35)/t17-,22+;16-,21+/m11/s1. The fourth-order valence-corrected chi connectivity index (χ4v) is 10.5. The Morgan fingerprint density at radius 3 is 1.44 bits per heavy atom. The number of carboxylic acids is 1. The maximum atomic E-state index is 13.7. The van der Waals surface area contributed by atoms with Crippen molar-refractivity contribution in [3.05, 3.63) is 132 Å². The number of methoxy groups -OCH3 is 1. The van der Waals surface area contributed by atoms with Gasteiger partial charge in [-0.2, -0.15) is 0 Å². The van der Waals surface area contributed by atoms with Crippen molar-refractivity contribution < 1.29 is 48.7 Å². The number of anilines is 2. The molecule has 18 heteroatoms. The van der Waals surface area contributed by atoms with Crippen molar-refractivity contribution in [2.75, 3.05) is 83.5 Å². The quantitative estimate of drug-likeness (QED) is 0.0454. The first-order valence-electron chi connectivity index (χ1n) is 24.6. The highest BCUT2D eigenvalue weighted by Gasteiger charge is 2.39. The monoisotopic (exact) mass is 1060 g/mol. The largest absolute Gasteiger partial charge is 0.507 e. The van der Waals surface area contributed by atoms with Crippen molar-refractivity contribution in [1.82, 2.24) is 19.8 Å². The maximum Gasteiger partial charge on any atom is 0.319 e. The number of phenolic OH excluding ortho intramolecular Hbond substituents is 2. The number of hydrogen-bond donors (Lipinski definition) is 5. The number of carboxylic acid groups (broad SMARTS) is 1. The zero-order valence-corrected chi connectivity index (χ0v) is 43.6.